The summed E-state index contributed by atoms with van der Waals surface area (Å²) in [4.78, 5) is 12.5. The zero-order valence-corrected chi connectivity index (χ0v) is 15.0. The van der Waals surface area contributed by atoms with Crippen LogP contribution in [0.4, 0.5) is 5.69 Å². The molecule has 5 N–H and O–H groups in total. The highest BCUT2D eigenvalue weighted by Gasteiger charge is 2.52. The topological polar surface area (TPSA) is 101 Å². The zero-order valence-electron chi connectivity index (χ0n) is 14.2. The lowest BCUT2D eigenvalue weighted by molar-refractivity contribution is -0.128. The third kappa shape index (κ3) is 3.43. The minimum Gasteiger partial charge on any atom is -0.353 e. The van der Waals surface area contributed by atoms with Crippen LogP contribution in [0.15, 0.2) is 54.0 Å². The molecule has 1 atom stereocenters. The summed E-state index contributed by atoms with van der Waals surface area (Å²) >= 11 is 5.95. The van der Waals surface area contributed by atoms with Crippen molar-refractivity contribution in [3.05, 3.63) is 54.0 Å². The maximum Gasteiger partial charge on any atom is 0.272 e. The number of hydrazone groups is 1. The van der Waals surface area contributed by atoms with Gasteiger partial charge in [-0.1, -0.05) is 37.2 Å². The Bertz CT molecular complexity index is 801. The van der Waals surface area contributed by atoms with E-state index in [9.17, 15) is 4.79 Å². The molecule has 8 heteroatoms. The van der Waals surface area contributed by atoms with Gasteiger partial charge in [0.1, 0.15) is 11.5 Å². The number of nitrogens with one attached hydrogen (secondary N) is 5. The summed E-state index contributed by atoms with van der Waals surface area (Å²) in [6.07, 6.45) is 3.99. The molecular formula is C18H21ClN6O. The third-order valence-electron chi connectivity index (χ3n) is 4.61. The van der Waals surface area contributed by atoms with Crippen molar-refractivity contribution in [2.75, 3.05) is 5.43 Å². The fourth-order valence-electron chi connectivity index (χ4n) is 3.05. The molecule has 3 rings (SSSR count). The average Bonchev–Trinajstić information content (AvgIpc) is 2.80. The van der Waals surface area contributed by atoms with Crippen LogP contribution in [-0.2, 0) is 4.79 Å². The molecule has 7 nitrogen and oxygen atoms in total. The summed E-state index contributed by atoms with van der Waals surface area (Å²) in [6, 6.07) is 7.07. The number of amides is 1. The first-order chi connectivity index (χ1) is 12.4. The normalized spacial score (nSPS) is 22.9. The number of anilines is 1. The molecular weight excluding hydrogens is 352 g/mol. The van der Waals surface area contributed by atoms with Crippen molar-refractivity contribution in [1.82, 2.24) is 16.0 Å². The second-order valence-electron chi connectivity index (χ2n) is 6.36. The van der Waals surface area contributed by atoms with Crippen molar-refractivity contribution in [2.45, 2.75) is 24.9 Å². The number of allylic oxidation sites excluding steroid dienone is 1. The molecule has 2 fully saturated rings. The molecule has 136 valence electrons. The highest BCUT2D eigenvalue weighted by atomic mass is 35.5. The Morgan fingerprint density at radius 1 is 1.46 bits per heavy atom. The number of rotatable bonds is 7. The van der Waals surface area contributed by atoms with Gasteiger partial charge in [-0.25, -0.2) is 0 Å². The molecule has 2 aliphatic rings. The number of halogens is 1. The Kier molecular flexibility index (Phi) is 4.99. The van der Waals surface area contributed by atoms with E-state index < -0.39 is 5.66 Å². The summed E-state index contributed by atoms with van der Waals surface area (Å²) in [7, 11) is 0. The van der Waals surface area contributed by atoms with E-state index in [1.165, 1.54) is 0 Å². The molecule has 1 aromatic rings. The quantitative estimate of drug-likeness (QED) is 0.375. The molecule has 1 unspecified atom stereocenters. The Morgan fingerprint density at radius 2 is 2.23 bits per heavy atom. The molecule has 26 heavy (non-hydrogen) atoms. The van der Waals surface area contributed by atoms with Crippen LogP contribution in [-0.4, -0.2) is 23.5 Å². The van der Waals surface area contributed by atoms with Crippen LogP contribution in [0.25, 0.3) is 0 Å². The first-order valence-electron chi connectivity index (χ1n) is 8.30. The molecule has 1 aliphatic carbocycles. The lowest BCUT2D eigenvalue weighted by atomic mass is 9.75. The van der Waals surface area contributed by atoms with Crippen molar-refractivity contribution in [3.8, 4) is 0 Å². The fourth-order valence-corrected chi connectivity index (χ4v) is 3.24. The highest BCUT2D eigenvalue weighted by Crippen LogP contribution is 2.37. The molecule has 1 saturated carbocycles. The van der Waals surface area contributed by atoms with Gasteiger partial charge in [0.25, 0.3) is 5.91 Å². The van der Waals surface area contributed by atoms with Crippen molar-refractivity contribution in [3.63, 3.8) is 0 Å². The van der Waals surface area contributed by atoms with E-state index in [1.807, 2.05) is 0 Å². The van der Waals surface area contributed by atoms with E-state index in [2.05, 4.69) is 39.6 Å². The summed E-state index contributed by atoms with van der Waals surface area (Å²) in [6.45, 7) is 7.74. The maximum atomic E-state index is 12.5. The number of carbonyl (C=O) groups is 1. The minimum absolute atomic E-state index is 0.117. The second-order valence-corrected chi connectivity index (χ2v) is 6.80. The van der Waals surface area contributed by atoms with Crippen molar-refractivity contribution in [2.24, 2.45) is 11.0 Å². The summed E-state index contributed by atoms with van der Waals surface area (Å²) in [5.74, 6) is 0.374. The second kappa shape index (κ2) is 7.21. The van der Waals surface area contributed by atoms with Gasteiger partial charge in [0, 0.05) is 17.2 Å². The van der Waals surface area contributed by atoms with Gasteiger partial charge in [0.2, 0.25) is 0 Å². The molecule has 1 heterocycles. The van der Waals surface area contributed by atoms with Gasteiger partial charge in [-0.3, -0.25) is 10.2 Å². The van der Waals surface area contributed by atoms with Crippen molar-refractivity contribution < 1.29 is 4.79 Å². The van der Waals surface area contributed by atoms with Crippen LogP contribution in [0.3, 0.4) is 0 Å². The van der Waals surface area contributed by atoms with Crippen molar-refractivity contribution >= 4 is 35.1 Å². The van der Waals surface area contributed by atoms with E-state index in [-0.39, 0.29) is 17.5 Å². The lowest BCUT2D eigenvalue weighted by Gasteiger charge is -2.41. The van der Waals surface area contributed by atoms with Gasteiger partial charge in [-0.15, -0.1) is 0 Å². The Balaban J connectivity index is 1.77. The molecule has 0 aromatic heterocycles. The average molecular weight is 373 g/mol. The van der Waals surface area contributed by atoms with Crippen LogP contribution < -0.4 is 21.4 Å². The summed E-state index contributed by atoms with van der Waals surface area (Å²) in [5.41, 5.74) is 3.15. The molecule has 0 radical (unpaired) electrons. The minimum atomic E-state index is -1.01. The van der Waals surface area contributed by atoms with E-state index in [0.29, 0.717) is 22.2 Å². The van der Waals surface area contributed by atoms with Crippen LogP contribution >= 0.6 is 11.6 Å². The van der Waals surface area contributed by atoms with Gasteiger partial charge >= 0.3 is 0 Å². The van der Waals surface area contributed by atoms with Gasteiger partial charge in [-0.2, -0.15) is 5.10 Å². The first kappa shape index (κ1) is 18.0. The largest absolute Gasteiger partial charge is 0.353 e. The first-order valence-corrected chi connectivity index (χ1v) is 8.68. The summed E-state index contributed by atoms with van der Waals surface area (Å²) in [5, 5.41) is 21.4. The van der Waals surface area contributed by atoms with Crippen LogP contribution in [0.1, 0.15) is 19.3 Å². The summed E-state index contributed by atoms with van der Waals surface area (Å²) < 4.78 is 0. The Hall–Kier alpha value is -2.80. The monoisotopic (exact) mass is 372 g/mol. The fraction of sp³-hybridized carbons (Fsp3) is 0.278. The number of hydrogen-bond donors (Lipinski definition) is 5. The number of nitrogens with zero attached hydrogens (tertiary/aromatic N) is 1. The lowest BCUT2D eigenvalue weighted by Crippen LogP contribution is -2.64. The van der Waals surface area contributed by atoms with Crippen LogP contribution in [0, 0.1) is 11.3 Å². The number of hydrogen-bond acceptors (Lipinski definition) is 6. The molecule has 0 bridgehead atoms. The molecule has 1 amide bonds. The molecule has 1 aromatic carbocycles. The van der Waals surface area contributed by atoms with Gasteiger partial charge in [0.15, 0.2) is 5.66 Å². The van der Waals surface area contributed by atoms with E-state index >= 15 is 0 Å². The Morgan fingerprint density at radius 3 is 2.77 bits per heavy atom. The number of carbonyl (C=O) groups excluding carboxylic acids is 1. The predicted molar refractivity (Wildman–Crippen MR) is 104 cm³/mol. The highest BCUT2D eigenvalue weighted by molar-refractivity contribution is 6.37. The Labute approximate surface area is 157 Å². The third-order valence-corrected chi connectivity index (χ3v) is 4.85. The van der Waals surface area contributed by atoms with Crippen LogP contribution in [0.5, 0.6) is 0 Å². The zero-order chi connectivity index (χ0) is 18.7. The standard InChI is InChI=1S/C18H21ClN6O/c1-11(16(10-20)25-24-15-8-4-7-14(19)9-15)22-18(13-5-3-6-13)17(26)21-12(2)23-18/h4,7-10,13,20,22-24H,1-3,5-6H2,(H,21,26)/b20-10?,25-16+. The maximum absolute atomic E-state index is 12.5. The van der Waals surface area contributed by atoms with E-state index in [1.54, 1.807) is 24.3 Å². The van der Waals surface area contributed by atoms with E-state index in [4.69, 9.17) is 17.0 Å². The SMILES string of the molecule is C=C1NC(=O)C(NC(=C)/C(C=N)=N/Nc2cccc(Cl)c2)(C2CCC2)N1. The van der Waals surface area contributed by atoms with E-state index in [0.717, 1.165) is 25.5 Å². The molecule has 1 saturated heterocycles. The molecule has 0 spiro atoms. The number of benzene rings is 1. The van der Waals surface area contributed by atoms with Crippen molar-refractivity contribution in [1.29, 1.82) is 5.41 Å². The molecule has 1 aliphatic heterocycles. The van der Waals surface area contributed by atoms with Gasteiger partial charge in [-0.05, 0) is 31.0 Å². The smallest absolute Gasteiger partial charge is 0.272 e. The van der Waals surface area contributed by atoms with Crippen LogP contribution in [0.2, 0.25) is 5.02 Å². The van der Waals surface area contributed by atoms with Gasteiger partial charge in [0.05, 0.1) is 11.4 Å². The predicted octanol–water partition coefficient (Wildman–Crippen LogP) is 2.55. The van der Waals surface area contributed by atoms with Gasteiger partial charge < -0.3 is 21.4 Å².